The zero-order valence-electron chi connectivity index (χ0n) is 13.3. The van der Waals surface area contributed by atoms with Gasteiger partial charge in [0.1, 0.15) is 5.69 Å². The van der Waals surface area contributed by atoms with E-state index in [1.807, 2.05) is 39.8 Å². The third-order valence-electron chi connectivity index (χ3n) is 4.76. The second-order valence-corrected chi connectivity index (χ2v) is 6.52. The van der Waals surface area contributed by atoms with E-state index >= 15 is 0 Å². The van der Waals surface area contributed by atoms with E-state index in [-0.39, 0.29) is 5.91 Å². The highest BCUT2D eigenvalue weighted by atomic mass is 16.2. The molecule has 2 fully saturated rings. The molecule has 23 heavy (non-hydrogen) atoms. The van der Waals surface area contributed by atoms with Crippen LogP contribution in [0.1, 0.15) is 23.3 Å². The highest BCUT2D eigenvalue weighted by Crippen LogP contribution is 2.30. The highest BCUT2D eigenvalue weighted by molar-refractivity contribution is 5.93. The SMILES string of the molecule is O=C(c1cncn1-c1ccccc1)N1CCN(CC2CC2)CC1. The molecule has 2 aromatic rings. The molecule has 1 saturated carbocycles. The Morgan fingerprint density at radius 3 is 2.52 bits per heavy atom. The second kappa shape index (κ2) is 6.16. The van der Waals surface area contributed by atoms with E-state index in [9.17, 15) is 4.79 Å². The van der Waals surface area contributed by atoms with E-state index in [0.717, 1.165) is 37.8 Å². The maximum Gasteiger partial charge on any atom is 0.272 e. The number of hydrogen-bond donors (Lipinski definition) is 0. The lowest BCUT2D eigenvalue weighted by molar-refractivity contribution is 0.0624. The van der Waals surface area contributed by atoms with Crippen molar-refractivity contribution in [3.8, 4) is 5.69 Å². The van der Waals surface area contributed by atoms with Crippen molar-refractivity contribution in [1.29, 1.82) is 0 Å². The Balaban J connectivity index is 1.45. The summed E-state index contributed by atoms with van der Waals surface area (Å²) < 4.78 is 1.87. The molecule has 1 amide bonds. The average molecular weight is 310 g/mol. The number of hydrogen-bond acceptors (Lipinski definition) is 3. The molecular weight excluding hydrogens is 288 g/mol. The number of rotatable bonds is 4. The molecule has 4 rings (SSSR count). The number of para-hydroxylation sites is 1. The Labute approximate surface area is 136 Å². The number of carbonyl (C=O) groups is 1. The molecule has 2 heterocycles. The van der Waals surface area contributed by atoms with Gasteiger partial charge in [-0.1, -0.05) is 18.2 Å². The van der Waals surface area contributed by atoms with Crippen LogP contribution in [0.25, 0.3) is 5.69 Å². The molecule has 1 aromatic heterocycles. The minimum atomic E-state index is 0.0809. The maximum atomic E-state index is 12.8. The first-order chi connectivity index (χ1) is 11.3. The van der Waals surface area contributed by atoms with Gasteiger partial charge >= 0.3 is 0 Å². The van der Waals surface area contributed by atoms with Crippen molar-refractivity contribution >= 4 is 5.91 Å². The fourth-order valence-electron chi connectivity index (χ4n) is 3.21. The van der Waals surface area contributed by atoms with Crippen LogP contribution in [0.5, 0.6) is 0 Å². The maximum absolute atomic E-state index is 12.8. The summed E-state index contributed by atoms with van der Waals surface area (Å²) in [7, 11) is 0. The van der Waals surface area contributed by atoms with Crippen LogP contribution >= 0.6 is 0 Å². The molecule has 0 atom stereocenters. The molecule has 5 heteroatoms. The van der Waals surface area contributed by atoms with E-state index in [4.69, 9.17) is 0 Å². The van der Waals surface area contributed by atoms with Crippen molar-refractivity contribution in [3.63, 3.8) is 0 Å². The lowest BCUT2D eigenvalue weighted by Crippen LogP contribution is -2.49. The summed E-state index contributed by atoms with van der Waals surface area (Å²) in [6.45, 7) is 4.81. The summed E-state index contributed by atoms with van der Waals surface area (Å²) in [6, 6.07) is 9.90. The lowest BCUT2D eigenvalue weighted by Gasteiger charge is -2.34. The van der Waals surface area contributed by atoms with Gasteiger partial charge in [-0.2, -0.15) is 0 Å². The summed E-state index contributed by atoms with van der Waals surface area (Å²) in [5.74, 6) is 0.995. The van der Waals surface area contributed by atoms with Gasteiger partial charge in [0.15, 0.2) is 0 Å². The Hall–Kier alpha value is -2.14. The van der Waals surface area contributed by atoms with Gasteiger partial charge in [-0.15, -0.1) is 0 Å². The quantitative estimate of drug-likeness (QED) is 0.868. The average Bonchev–Trinajstić information content (AvgIpc) is 3.27. The molecule has 1 aromatic carbocycles. The zero-order valence-corrected chi connectivity index (χ0v) is 13.3. The molecule has 120 valence electrons. The van der Waals surface area contributed by atoms with Crippen LogP contribution < -0.4 is 0 Å². The first kappa shape index (κ1) is 14.5. The van der Waals surface area contributed by atoms with Gasteiger partial charge in [0.05, 0.1) is 12.5 Å². The third kappa shape index (κ3) is 3.15. The van der Waals surface area contributed by atoms with Crippen LogP contribution in [0.15, 0.2) is 42.9 Å². The van der Waals surface area contributed by atoms with E-state index < -0.39 is 0 Å². The largest absolute Gasteiger partial charge is 0.335 e. The van der Waals surface area contributed by atoms with Gasteiger partial charge < -0.3 is 4.90 Å². The molecule has 1 aliphatic carbocycles. The van der Waals surface area contributed by atoms with Crippen LogP contribution in [0, 0.1) is 5.92 Å². The van der Waals surface area contributed by atoms with Crippen molar-refractivity contribution in [2.24, 2.45) is 5.92 Å². The Morgan fingerprint density at radius 1 is 1.09 bits per heavy atom. The number of aromatic nitrogens is 2. The molecule has 0 radical (unpaired) electrons. The van der Waals surface area contributed by atoms with Gasteiger partial charge in [0.2, 0.25) is 0 Å². The molecule has 1 aliphatic heterocycles. The Bertz CT molecular complexity index is 669. The zero-order chi connectivity index (χ0) is 15.6. The summed E-state index contributed by atoms with van der Waals surface area (Å²) >= 11 is 0. The molecule has 2 aliphatic rings. The van der Waals surface area contributed by atoms with Crippen molar-refractivity contribution in [3.05, 3.63) is 48.5 Å². The second-order valence-electron chi connectivity index (χ2n) is 6.52. The number of carbonyl (C=O) groups excluding carboxylic acids is 1. The van der Waals surface area contributed by atoms with E-state index in [1.54, 1.807) is 12.5 Å². The minimum absolute atomic E-state index is 0.0809. The first-order valence-corrected chi connectivity index (χ1v) is 8.40. The molecule has 0 unspecified atom stereocenters. The number of piperazine rings is 1. The van der Waals surface area contributed by atoms with Crippen LogP contribution in [0.2, 0.25) is 0 Å². The summed E-state index contributed by atoms with van der Waals surface area (Å²) in [5.41, 5.74) is 1.62. The molecule has 5 nitrogen and oxygen atoms in total. The third-order valence-corrected chi connectivity index (χ3v) is 4.76. The van der Waals surface area contributed by atoms with Gasteiger partial charge in [-0.05, 0) is 30.9 Å². The van der Waals surface area contributed by atoms with Crippen LogP contribution in [-0.2, 0) is 0 Å². The topological polar surface area (TPSA) is 41.4 Å². The van der Waals surface area contributed by atoms with Gasteiger partial charge in [0.25, 0.3) is 5.91 Å². The lowest BCUT2D eigenvalue weighted by atomic mass is 10.2. The fourth-order valence-corrected chi connectivity index (χ4v) is 3.21. The fraction of sp³-hybridized carbons (Fsp3) is 0.444. The van der Waals surface area contributed by atoms with Gasteiger partial charge in [-0.25, -0.2) is 4.98 Å². The summed E-state index contributed by atoms with van der Waals surface area (Å²) in [4.78, 5) is 21.5. The summed E-state index contributed by atoms with van der Waals surface area (Å²) in [6.07, 6.45) is 6.16. The van der Waals surface area contributed by atoms with Crippen LogP contribution in [-0.4, -0.2) is 58.0 Å². The number of nitrogens with zero attached hydrogens (tertiary/aromatic N) is 4. The van der Waals surface area contributed by atoms with Crippen LogP contribution in [0.3, 0.4) is 0 Å². The smallest absolute Gasteiger partial charge is 0.272 e. The normalized spacial score (nSPS) is 19.0. The highest BCUT2D eigenvalue weighted by Gasteiger charge is 2.28. The van der Waals surface area contributed by atoms with Crippen molar-refractivity contribution in [1.82, 2.24) is 19.4 Å². The van der Waals surface area contributed by atoms with Crippen molar-refractivity contribution in [2.45, 2.75) is 12.8 Å². The Kier molecular flexibility index (Phi) is 3.87. The minimum Gasteiger partial charge on any atom is -0.335 e. The van der Waals surface area contributed by atoms with E-state index in [0.29, 0.717) is 5.69 Å². The number of imidazole rings is 1. The van der Waals surface area contributed by atoms with E-state index in [1.165, 1.54) is 19.4 Å². The monoisotopic (exact) mass is 310 g/mol. The molecule has 0 N–H and O–H groups in total. The van der Waals surface area contributed by atoms with E-state index in [2.05, 4.69) is 9.88 Å². The predicted octanol–water partition coefficient (Wildman–Crippen LogP) is 2.04. The van der Waals surface area contributed by atoms with Crippen LogP contribution in [0.4, 0.5) is 0 Å². The molecule has 0 bridgehead atoms. The molecular formula is C18H22N4O. The standard InChI is InChI=1S/C18H22N4O/c23-18(21-10-8-20(9-11-21)13-15-6-7-15)17-12-19-14-22(17)16-4-2-1-3-5-16/h1-5,12,14-15H,6-11,13H2. The number of amides is 1. The number of benzene rings is 1. The van der Waals surface area contributed by atoms with Crippen molar-refractivity contribution in [2.75, 3.05) is 32.7 Å². The first-order valence-electron chi connectivity index (χ1n) is 8.40. The Morgan fingerprint density at radius 2 is 1.83 bits per heavy atom. The summed E-state index contributed by atoms with van der Waals surface area (Å²) in [5, 5.41) is 0. The van der Waals surface area contributed by atoms with Gasteiger partial charge in [0, 0.05) is 38.4 Å². The molecule has 0 spiro atoms. The van der Waals surface area contributed by atoms with Crippen molar-refractivity contribution < 1.29 is 4.79 Å². The predicted molar refractivity (Wildman–Crippen MR) is 88.6 cm³/mol. The molecule has 1 saturated heterocycles. The van der Waals surface area contributed by atoms with Gasteiger partial charge in [-0.3, -0.25) is 14.3 Å².